The Labute approximate surface area is 193 Å². The number of rotatable bonds is 5. The van der Waals surface area contributed by atoms with Gasteiger partial charge < -0.3 is 25.0 Å². The van der Waals surface area contributed by atoms with Crippen LogP contribution >= 0.6 is 24.0 Å². The van der Waals surface area contributed by atoms with E-state index >= 15 is 0 Å². The van der Waals surface area contributed by atoms with Gasteiger partial charge in [-0.25, -0.2) is 0 Å². The van der Waals surface area contributed by atoms with Gasteiger partial charge in [0.1, 0.15) is 0 Å². The monoisotopic (exact) mass is 522 g/mol. The Kier molecular flexibility index (Phi) is 7.78. The number of aliphatic imine (C=N–C) groups is 1. The summed E-state index contributed by atoms with van der Waals surface area (Å²) in [6.07, 6.45) is 2.71. The first-order chi connectivity index (χ1) is 14.2. The number of anilines is 1. The van der Waals surface area contributed by atoms with E-state index in [1.807, 2.05) is 35.2 Å². The highest BCUT2D eigenvalue weighted by Crippen LogP contribution is 2.32. The molecule has 4 rings (SSSR count). The van der Waals surface area contributed by atoms with Crippen molar-refractivity contribution in [3.63, 3.8) is 0 Å². The summed E-state index contributed by atoms with van der Waals surface area (Å²) in [6.45, 7) is 2.37. The van der Waals surface area contributed by atoms with Gasteiger partial charge in [0.15, 0.2) is 17.5 Å². The maximum atomic E-state index is 12.1. The Morgan fingerprint density at radius 1 is 1.00 bits per heavy atom. The highest BCUT2D eigenvalue weighted by Gasteiger charge is 2.19. The first kappa shape index (κ1) is 22.2. The van der Waals surface area contributed by atoms with Crippen molar-refractivity contribution >= 4 is 41.5 Å². The molecule has 1 amide bonds. The highest BCUT2D eigenvalue weighted by molar-refractivity contribution is 14.0. The Hall–Kier alpha value is -2.49. The summed E-state index contributed by atoms with van der Waals surface area (Å²) in [5.41, 5.74) is 3.20. The molecule has 0 saturated carbocycles. The smallest absolute Gasteiger partial charge is 0.231 e. The molecular formula is C22H27IN4O3. The number of carbonyl (C=O) groups excluding carboxylic acids is 1. The SMILES string of the molecule is CN=C(NCc1ccc(N2CCCCC2=O)cc1)NCc1ccc2c(c1)OCO2.I. The summed E-state index contributed by atoms with van der Waals surface area (Å²) < 4.78 is 10.8. The van der Waals surface area contributed by atoms with Crippen molar-refractivity contribution in [1.82, 2.24) is 10.6 Å². The third-order valence-electron chi connectivity index (χ3n) is 5.15. The molecule has 2 aromatic carbocycles. The summed E-state index contributed by atoms with van der Waals surface area (Å²) in [4.78, 5) is 18.2. The number of halogens is 1. The van der Waals surface area contributed by atoms with Gasteiger partial charge in [0.2, 0.25) is 12.7 Å². The topological polar surface area (TPSA) is 75.2 Å². The normalized spacial score (nSPS) is 15.6. The molecule has 160 valence electrons. The number of ether oxygens (including phenoxy) is 2. The van der Waals surface area contributed by atoms with E-state index in [1.54, 1.807) is 7.05 Å². The first-order valence-electron chi connectivity index (χ1n) is 9.95. The standard InChI is InChI=1S/C22H26N4O3.HI/c1-23-22(25-14-17-7-10-19-20(12-17)29-15-28-19)24-13-16-5-8-18(9-6-16)26-11-3-2-4-21(26)27;/h5-10,12H,2-4,11,13-15H2,1H3,(H2,23,24,25);1H. The van der Waals surface area contributed by atoms with Gasteiger partial charge in [-0.05, 0) is 48.2 Å². The molecule has 2 N–H and O–H groups in total. The third-order valence-corrected chi connectivity index (χ3v) is 5.15. The predicted octanol–water partition coefficient (Wildman–Crippen LogP) is 3.42. The Bertz CT molecular complexity index is 902. The van der Waals surface area contributed by atoms with Crippen molar-refractivity contribution in [2.75, 3.05) is 25.3 Å². The van der Waals surface area contributed by atoms with E-state index in [1.165, 1.54) is 0 Å². The van der Waals surface area contributed by atoms with Crippen molar-refractivity contribution in [3.05, 3.63) is 53.6 Å². The summed E-state index contributed by atoms with van der Waals surface area (Å²) >= 11 is 0. The molecule has 0 bridgehead atoms. The molecular weight excluding hydrogens is 495 g/mol. The van der Waals surface area contributed by atoms with Crippen LogP contribution < -0.4 is 25.0 Å². The molecule has 30 heavy (non-hydrogen) atoms. The predicted molar refractivity (Wildman–Crippen MR) is 128 cm³/mol. The van der Waals surface area contributed by atoms with Crippen LogP contribution in [0.15, 0.2) is 47.5 Å². The zero-order chi connectivity index (χ0) is 20.1. The van der Waals surface area contributed by atoms with Crippen molar-refractivity contribution in [3.8, 4) is 11.5 Å². The molecule has 7 nitrogen and oxygen atoms in total. The lowest BCUT2D eigenvalue weighted by molar-refractivity contribution is -0.119. The average molecular weight is 522 g/mol. The van der Waals surface area contributed by atoms with Gasteiger partial charge >= 0.3 is 0 Å². The lowest BCUT2D eigenvalue weighted by Crippen LogP contribution is -2.36. The number of nitrogens with zero attached hydrogens (tertiary/aromatic N) is 2. The van der Waals surface area contributed by atoms with Crippen LogP contribution in [0.1, 0.15) is 30.4 Å². The van der Waals surface area contributed by atoms with Crippen LogP contribution in [-0.2, 0) is 17.9 Å². The summed E-state index contributed by atoms with van der Waals surface area (Å²) in [7, 11) is 1.75. The van der Waals surface area contributed by atoms with Crippen LogP contribution in [0.5, 0.6) is 11.5 Å². The molecule has 1 saturated heterocycles. The fourth-order valence-corrected chi connectivity index (χ4v) is 3.52. The minimum Gasteiger partial charge on any atom is -0.454 e. The maximum absolute atomic E-state index is 12.1. The molecule has 0 aliphatic carbocycles. The van der Waals surface area contributed by atoms with Gasteiger partial charge in [-0.1, -0.05) is 18.2 Å². The molecule has 2 aliphatic rings. The minimum atomic E-state index is 0. The molecule has 2 heterocycles. The van der Waals surface area contributed by atoms with Gasteiger partial charge in [0, 0.05) is 38.8 Å². The largest absolute Gasteiger partial charge is 0.454 e. The van der Waals surface area contributed by atoms with Crippen molar-refractivity contribution < 1.29 is 14.3 Å². The zero-order valence-corrected chi connectivity index (χ0v) is 19.3. The first-order valence-corrected chi connectivity index (χ1v) is 9.95. The number of benzene rings is 2. The van der Waals surface area contributed by atoms with Crippen LogP contribution in [0.4, 0.5) is 5.69 Å². The summed E-state index contributed by atoms with van der Waals surface area (Å²) in [5, 5.41) is 6.62. The van der Waals surface area contributed by atoms with Gasteiger partial charge in [0.05, 0.1) is 0 Å². The second-order valence-corrected chi connectivity index (χ2v) is 7.14. The molecule has 2 aromatic rings. The molecule has 0 spiro atoms. The molecule has 0 unspecified atom stereocenters. The van der Waals surface area contributed by atoms with E-state index < -0.39 is 0 Å². The minimum absolute atomic E-state index is 0. The van der Waals surface area contributed by atoms with Gasteiger partial charge in [-0.2, -0.15) is 0 Å². The molecule has 0 radical (unpaired) electrons. The lowest BCUT2D eigenvalue weighted by Gasteiger charge is -2.26. The number of nitrogens with one attached hydrogen (secondary N) is 2. The van der Waals surface area contributed by atoms with Crippen LogP contribution in [0.3, 0.4) is 0 Å². The van der Waals surface area contributed by atoms with Crippen LogP contribution in [0.25, 0.3) is 0 Å². The third kappa shape index (κ3) is 5.35. The van der Waals surface area contributed by atoms with Crippen LogP contribution in [0.2, 0.25) is 0 Å². The Morgan fingerprint density at radius 3 is 2.43 bits per heavy atom. The van der Waals surface area contributed by atoms with Crippen molar-refractivity contribution in [2.24, 2.45) is 4.99 Å². The van der Waals surface area contributed by atoms with Gasteiger partial charge in [-0.3, -0.25) is 9.79 Å². The number of guanidine groups is 1. The molecule has 1 fully saturated rings. The number of hydrogen-bond acceptors (Lipinski definition) is 4. The van der Waals surface area contributed by atoms with Crippen molar-refractivity contribution in [1.29, 1.82) is 0 Å². The van der Waals surface area contributed by atoms with Crippen molar-refractivity contribution in [2.45, 2.75) is 32.4 Å². The second kappa shape index (κ2) is 10.5. The van der Waals surface area contributed by atoms with E-state index in [2.05, 4.69) is 27.8 Å². The highest BCUT2D eigenvalue weighted by atomic mass is 127. The Morgan fingerprint density at radius 2 is 1.70 bits per heavy atom. The second-order valence-electron chi connectivity index (χ2n) is 7.14. The fraction of sp³-hybridized carbons (Fsp3) is 0.364. The molecule has 0 aromatic heterocycles. The van der Waals surface area contributed by atoms with Crippen LogP contribution in [0, 0.1) is 0 Å². The van der Waals surface area contributed by atoms with Crippen LogP contribution in [-0.4, -0.2) is 32.3 Å². The summed E-state index contributed by atoms with van der Waals surface area (Å²) in [6, 6.07) is 14.0. The fourth-order valence-electron chi connectivity index (χ4n) is 3.52. The quantitative estimate of drug-likeness (QED) is 0.358. The van der Waals surface area contributed by atoms with E-state index in [0.717, 1.165) is 53.7 Å². The number of piperidine rings is 1. The van der Waals surface area contributed by atoms with E-state index in [0.29, 0.717) is 19.5 Å². The number of amides is 1. The lowest BCUT2D eigenvalue weighted by atomic mass is 10.1. The maximum Gasteiger partial charge on any atom is 0.231 e. The van der Waals surface area contributed by atoms with E-state index in [-0.39, 0.29) is 36.7 Å². The summed E-state index contributed by atoms with van der Waals surface area (Å²) in [5.74, 6) is 2.50. The number of hydrogen-bond donors (Lipinski definition) is 2. The Balaban J connectivity index is 0.00000256. The van der Waals surface area contributed by atoms with E-state index in [4.69, 9.17) is 9.47 Å². The molecule has 2 aliphatic heterocycles. The molecule has 0 atom stereocenters. The van der Waals surface area contributed by atoms with E-state index in [9.17, 15) is 4.79 Å². The van der Waals surface area contributed by atoms with Gasteiger partial charge in [-0.15, -0.1) is 24.0 Å². The van der Waals surface area contributed by atoms with Gasteiger partial charge in [0.25, 0.3) is 0 Å². The number of carbonyl (C=O) groups is 1. The molecule has 8 heteroatoms. The zero-order valence-electron chi connectivity index (χ0n) is 17.0. The number of fused-ring (bicyclic) bond motifs is 1. The average Bonchev–Trinajstić information content (AvgIpc) is 3.23.